The monoisotopic (exact) mass is 371 g/mol. The molecule has 0 amide bonds. The maximum atomic E-state index is 12.1. The van der Waals surface area contributed by atoms with E-state index in [-0.39, 0.29) is 16.8 Å². The van der Waals surface area contributed by atoms with E-state index in [9.17, 15) is 18.3 Å². The van der Waals surface area contributed by atoms with Crippen molar-refractivity contribution < 1.29 is 27.8 Å². The Morgan fingerprint density at radius 1 is 1.33 bits per heavy atom. The number of hydrogen-bond donors (Lipinski definition) is 2. The average Bonchev–Trinajstić information content (AvgIpc) is 2.36. The van der Waals surface area contributed by atoms with Gasteiger partial charge in [0.2, 0.25) is 0 Å². The van der Waals surface area contributed by atoms with Crippen molar-refractivity contribution in [1.82, 2.24) is 5.32 Å². The highest BCUT2D eigenvalue weighted by atomic mass is 79.9. The third kappa shape index (κ3) is 7.01. The van der Waals surface area contributed by atoms with Crippen molar-refractivity contribution in [1.29, 1.82) is 0 Å². The van der Waals surface area contributed by atoms with Crippen LogP contribution in [0.5, 0.6) is 11.5 Å². The first kappa shape index (κ1) is 18.1. The lowest BCUT2D eigenvalue weighted by Crippen LogP contribution is -2.42. The van der Waals surface area contributed by atoms with Crippen LogP contribution in [0.3, 0.4) is 0 Å². The molecule has 1 atom stereocenters. The molecule has 120 valence electrons. The summed E-state index contributed by atoms with van der Waals surface area (Å²) in [6.07, 6.45) is -4.75. The Morgan fingerprint density at radius 3 is 2.52 bits per heavy atom. The quantitative estimate of drug-likeness (QED) is 0.773. The molecular weight excluding hydrogens is 355 g/mol. The van der Waals surface area contributed by atoms with Crippen LogP contribution in [0.2, 0.25) is 0 Å². The van der Waals surface area contributed by atoms with Gasteiger partial charge in [0.1, 0.15) is 23.7 Å². The van der Waals surface area contributed by atoms with E-state index < -0.39 is 12.0 Å². The highest BCUT2D eigenvalue weighted by molar-refractivity contribution is 9.10. The van der Waals surface area contributed by atoms with E-state index in [4.69, 9.17) is 4.74 Å². The van der Waals surface area contributed by atoms with Gasteiger partial charge < -0.3 is 19.9 Å². The van der Waals surface area contributed by atoms with Crippen molar-refractivity contribution in [2.24, 2.45) is 0 Å². The molecule has 1 aromatic rings. The van der Waals surface area contributed by atoms with Gasteiger partial charge in [-0.25, -0.2) is 0 Å². The highest BCUT2D eigenvalue weighted by Crippen LogP contribution is 2.33. The molecule has 21 heavy (non-hydrogen) atoms. The van der Waals surface area contributed by atoms with Crippen molar-refractivity contribution in [2.75, 3.05) is 19.7 Å². The van der Waals surface area contributed by atoms with Gasteiger partial charge in [0.25, 0.3) is 0 Å². The predicted molar refractivity (Wildman–Crippen MR) is 75.5 cm³/mol. The Labute approximate surface area is 129 Å². The van der Waals surface area contributed by atoms with E-state index in [0.717, 1.165) is 6.07 Å². The van der Waals surface area contributed by atoms with E-state index in [1.807, 2.05) is 6.92 Å². The van der Waals surface area contributed by atoms with Gasteiger partial charge in [-0.3, -0.25) is 0 Å². The first-order chi connectivity index (χ1) is 9.63. The van der Waals surface area contributed by atoms with E-state index >= 15 is 0 Å². The summed E-state index contributed by atoms with van der Waals surface area (Å²) in [6, 6.07) is 3.84. The molecule has 1 unspecified atom stereocenters. The van der Waals surface area contributed by atoms with Gasteiger partial charge >= 0.3 is 6.36 Å². The Morgan fingerprint density at radius 2 is 2.00 bits per heavy atom. The lowest BCUT2D eigenvalue weighted by atomic mass is 10.1. The number of nitrogens with one attached hydrogen (secondary N) is 1. The number of aliphatic hydroxyl groups is 1. The molecule has 8 heteroatoms. The molecule has 0 aliphatic heterocycles. The largest absolute Gasteiger partial charge is 0.573 e. The fourth-order valence-electron chi connectivity index (χ4n) is 1.46. The molecule has 0 radical (unpaired) electrons. The molecule has 0 aliphatic carbocycles. The smallest absolute Gasteiger partial charge is 0.491 e. The van der Waals surface area contributed by atoms with Crippen LogP contribution in [0, 0.1) is 0 Å². The summed E-state index contributed by atoms with van der Waals surface area (Å²) in [5, 5.41) is 13.0. The zero-order valence-electron chi connectivity index (χ0n) is 11.6. The van der Waals surface area contributed by atoms with Crippen molar-refractivity contribution in [3.63, 3.8) is 0 Å². The van der Waals surface area contributed by atoms with Crippen molar-refractivity contribution in [3.8, 4) is 11.5 Å². The number of alkyl halides is 3. The summed E-state index contributed by atoms with van der Waals surface area (Å²) in [6.45, 7) is 4.58. The molecule has 2 N–H and O–H groups in total. The third-order valence-corrected chi connectivity index (χ3v) is 3.05. The van der Waals surface area contributed by atoms with Gasteiger partial charge in [-0.15, -0.1) is 13.2 Å². The maximum Gasteiger partial charge on any atom is 0.573 e. The lowest BCUT2D eigenvalue weighted by molar-refractivity contribution is -0.274. The van der Waals surface area contributed by atoms with E-state index in [1.54, 1.807) is 6.92 Å². The van der Waals surface area contributed by atoms with Crippen LogP contribution in [0.1, 0.15) is 13.8 Å². The third-order valence-electron chi connectivity index (χ3n) is 2.43. The molecule has 1 rings (SSSR count). The lowest BCUT2D eigenvalue weighted by Gasteiger charge is -2.23. The number of ether oxygens (including phenoxy) is 2. The van der Waals surface area contributed by atoms with Crippen molar-refractivity contribution in [2.45, 2.75) is 25.8 Å². The zero-order valence-corrected chi connectivity index (χ0v) is 13.2. The van der Waals surface area contributed by atoms with E-state index in [2.05, 4.69) is 26.0 Å². The fraction of sp³-hybridized carbons (Fsp3) is 0.538. The summed E-state index contributed by atoms with van der Waals surface area (Å²) in [5.74, 6) is -0.0255. The molecule has 0 heterocycles. The highest BCUT2D eigenvalue weighted by Gasteiger charge is 2.32. The Bertz CT molecular complexity index is 466. The summed E-state index contributed by atoms with van der Waals surface area (Å²) in [4.78, 5) is 0. The van der Waals surface area contributed by atoms with Crippen LogP contribution in [0.25, 0.3) is 0 Å². The summed E-state index contributed by atoms with van der Waals surface area (Å²) >= 11 is 2.98. The van der Waals surface area contributed by atoms with Crippen LogP contribution < -0.4 is 14.8 Å². The van der Waals surface area contributed by atoms with Crippen LogP contribution in [0.15, 0.2) is 22.7 Å². The van der Waals surface area contributed by atoms with Gasteiger partial charge in [0.05, 0.1) is 4.47 Å². The molecule has 0 saturated heterocycles. The molecule has 1 aromatic carbocycles. The normalized spacial score (nSPS) is 14.6. The molecule has 0 spiro atoms. The molecule has 0 fully saturated rings. The second-order valence-corrected chi connectivity index (χ2v) is 5.56. The second kappa shape index (κ2) is 7.33. The molecule has 0 aliphatic rings. The van der Waals surface area contributed by atoms with Gasteiger partial charge in [0, 0.05) is 6.54 Å². The first-order valence-electron chi connectivity index (χ1n) is 6.24. The van der Waals surface area contributed by atoms with E-state index in [1.165, 1.54) is 12.1 Å². The second-order valence-electron chi connectivity index (χ2n) is 4.71. The summed E-state index contributed by atoms with van der Waals surface area (Å²) in [7, 11) is 0. The SMILES string of the molecule is CCNCC(C)(O)COc1ccc(OC(F)(F)F)c(Br)c1. The maximum absolute atomic E-state index is 12.1. The van der Waals surface area contributed by atoms with Crippen LogP contribution in [-0.4, -0.2) is 36.8 Å². The molecule has 4 nitrogen and oxygen atoms in total. The van der Waals surface area contributed by atoms with Crippen molar-refractivity contribution in [3.05, 3.63) is 22.7 Å². The minimum atomic E-state index is -4.75. The molecule has 0 bridgehead atoms. The number of hydrogen-bond acceptors (Lipinski definition) is 4. The predicted octanol–water partition coefficient (Wildman–Crippen LogP) is 3.09. The van der Waals surface area contributed by atoms with Crippen LogP contribution in [-0.2, 0) is 0 Å². The zero-order chi connectivity index (χ0) is 16.1. The number of halogens is 4. The van der Waals surface area contributed by atoms with Crippen LogP contribution in [0.4, 0.5) is 13.2 Å². The van der Waals surface area contributed by atoms with Gasteiger partial charge in [-0.2, -0.15) is 0 Å². The minimum Gasteiger partial charge on any atom is -0.491 e. The Kier molecular flexibility index (Phi) is 6.30. The van der Waals surface area contributed by atoms with E-state index in [0.29, 0.717) is 18.8 Å². The summed E-state index contributed by atoms with van der Waals surface area (Å²) < 4.78 is 45.7. The van der Waals surface area contributed by atoms with Crippen molar-refractivity contribution >= 4 is 15.9 Å². The Hall–Kier alpha value is -0.990. The topological polar surface area (TPSA) is 50.7 Å². The molecule has 0 aromatic heterocycles. The number of benzene rings is 1. The average molecular weight is 372 g/mol. The van der Waals surface area contributed by atoms with Gasteiger partial charge in [-0.1, -0.05) is 6.92 Å². The fourth-order valence-corrected chi connectivity index (χ4v) is 1.90. The van der Waals surface area contributed by atoms with Gasteiger partial charge in [-0.05, 0) is 47.6 Å². The Balaban J connectivity index is 2.64. The first-order valence-corrected chi connectivity index (χ1v) is 7.03. The van der Waals surface area contributed by atoms with Gasteiger partial charge in [0.15, 0.2) is 0 Å². The summed E-state index contributed by atoms with van der Waals surface area (Å²) in [5.41, 5.74) is -1.08. The molecular formula is C13H17BrF3NO3. The number of likely N-dealkylation sites (N-methyl/N-ethyl adjacent to an activating group) is 1. The van der Waals surface area contributed by atoms with Crippen LogP contribution >= 0.6 is 15.9 Å². The minimum absolute atomic E-state index is 0.00587. The molecule has 0 saturated carbocycles. The standard InChI is InChI=1S/C13H17BrF3NO3/c1-3-18-7-12(2,19)8-20-9-4-5-11(10(14)6-9)21-13(15,16)17/h4-6,18-19H,3,7-8H2,1-2H3. The number of rotatable bonds is 7.